The van der Waals surface area contributed by atoms with E-state index in [0.717, 1.165) is 51.7 Å². The van der Waals surface area contributed by atoms with Crippen LogP contribution in [-0.4, -0.2) is 38.0 Å². The van der Waals surface area contributed by atoms with Crippen LogP contribution >= 0.6 is 23.2 Å². The summed E-state index contributed by atoms with van der Waals surface area (Å²) in [5.74, 6) is -1.01. The molecule has 0 radical (unpaired) electrons. The van der Waals surface area contributed by atoms with Crippen LogP contribution in [0.1, 0.15) is 36.8 Å². The Morgan fingerprint density at radius 3 is 2.59 bits per heavy atom. The molecular formula is C29H30Cl2FN3O3S. The van der Waals surface area contributed by atoms with Crippen LogP contribution in [0.2, 0.25) is 10.0 Å². The summed E-state index contributed by atoms with van der Waals surface area (Å²) >= 11 is 12.3. The molecule has 10 heteroatoms. The van der Waals surface area contributed by atoms with E-state index in [4.69, 9.17) is 27.9 Å². The third-order valence-corrected chi connectivity index (χ3v) is 9.03. The molecule has 0 spiro atoms. The van der Waals surface area contributed by atoms with Crippen LogP contribution in [0, 0.1) is 5.82 Å². The van der Waals surface area contributed by atoms with E-state index >= 15 is 4.39 Å². The zero-order chi connectivity index (χ0) is 27.4. The van der Waals surface area contributed by atoms with E-state index in [0.29, 0.717) is 27.6 Å². The van der Waals surface area contributed by atoms with Gasteiger partial charge in [0.1, 0.15) is 4.90 Å². The fourth-order valence-electron chi connectivity index (χ4n) is 4.98. The highest BCUT2D eigenvalue weighted by molar-refractivity contribution is 7.92. The lowest BCUT2D eigenvalue weighted by atomic mass is 10.00. The van der Waals surface area contributed by atoms with E-state index in [2.05, 4.69) is 38.9 Å². The van der Waals surface area contributed by atoms with E-state index in [1.807, 2.05) is 0 Å². The normalized spacial score (nSPS) is 13.9. The van der Waals surface area contributed by atoms with Crippen molar-refractivity contribution in [2.75, 3.05) is 24.4 Å². The van der Waals surface area contributed by atoms with Crippen molar-refractivity contribution in [3.8, 4) is 5.75 Å². The summed E-state index contributed by atoms with van der Waals surface area (Å²) in [5, 5.41) is 1.21. The molecule has 0 fully saturated rings. The summed E-state index contributed by atoms with van der Waals surface area (Å²) in [7, 11) is -4.25. The number of sulfonamides is 1. The van der Waals surface area contributed by atoms with E-state index in [-0.39, 0.29) is 11.4 Å². The molecule has 0 amide bonds. The maximum absolute atomic E-state index is 15.2. The predicted octanol–water partition coefficient (Wildman–Crippen LogP) is 7.41. The molecule has 5 rings (SSSR count). The van der Waals surface area contributed by atoms with Gasteiger partial charge in [0.05, 0.1) is 27.9 Å². The number of aromatic amines is 1. The maximum atomic E-state index is 15.2. The van der Waals surface area contributed by atoms with Crippen molar-refractivity contribution in [1.29, 1.82) is 0 Å². The first kappa shape index (κ1) is 27.8. The van der Waals surface area contributed by atoms with E-state index in [1.165, 1.54) is 47.7 Å². The molecule has 1 aliphatic rings. The maximum Gasteiger partial charge on any atom is 0.265 e. The van der Waals surface area contributed by atoms with Crippen molar-refractivity contribution in [3.63, 3.8) is 0 Å². The minimum absolute atomic E-state index is 0.0889. The number of H-pyrrole nitrogens is 1. The Morgan fingerprint density at radius 1 is 0.949 bits per heavy atom. The van der Waals surface area contributed by atoms with Crippen LogP contribution in [0.25, 0.3) is 10.9 Å². The Labute approximate surface area is 238 Å². The molecular weight excluding hydrogens is 560 g/mol. The van der Waals surface area contributed by atoms with Crippen LogP contribution in [0.15, 0.2) is 65.7 Å². The lowest BCUT2D eigenvalue weighted by molar-refractivity contribution is 0.245. The molecule has 2 heterocycles. The number of unbranched alkanes of at least 4 members (excludes halogenated alkanes) is 3. The van der Waals surface area contributed by atoms with Gasteiger partial charge in [-0.3, -0.25) is 9.62 Å². The molecule has 0 saturated heterocycles. The number of nitrogens with one attached hydrogen (secondary N) is 2. The molecule has 0 unspecified atom stereocenters. The second kappa shape index (κ2) is 12.2. The summed E-state index contributed by atoms with van der Waals surface area (Å²) < 4.78 is 49.4. The largest absolute Gasteiger partial charge is 0.490 e. The molecule has 206 valence electrons. The molecule has 6 nitrogen and oxygen atoms in total. The molecule has 3 aromatic carbocycles. The smallest absolute Gasteiger partial charge is 0.265 e. The van der Waals surface area contributed by atoms with Crippen LogP contribution in [-0.2, 0) is 23.0 Å². The number of fused-ring (bicyclic) bond motifs is 2. The summed E-state index contributed by atoms with van der Waals surface area (Å²) in [6.07, 6.45) is 6.48. The van der Waals surface area contributed by atoms with Gasteiger partial charge in [0.2, 0.25) is 0 Å². The van der Waals surface area contributed by atoms with E-state index < -0.39 is 20.7 Å². The molecule has 0 aliphatic carbocycles. The zero-order valence-corrected chi connectivity index (χ0v) is 23.7. The Bertz CT molecular complexity index is 1580. The van der Waals surface area contributed by atoms with Crippen molar-refractivity contribution < 1.29 is 17.5 Å². The predicted molar refractivity (Wildman–Crippen MR) is 155 cm³/mol. The summed E-state index contributed by atoms with van der Waals surface area (Å²) in [4.78, 5) is 4.90. The molecule has 0 saturated carbocycles. The Hall–Kier alpha value is -2.78. The van der Waals surface area contributed by atoms with Gasteiger partial charge in [-0.25, -0.2) is 12.8 Å². The van der Waals surface area contributed by atoms with Crippen LogP contribution in [0.5, 0.6) is 5.75 Å². The van der Waals surface area contributed by atoms with E-state index in [9.17, 15) is 8.42 Å². The summed E-state index contributed by atoms with van der Waals surface area (Å²) in [6.45, 7) is 3.47. The van der Waals surface area contributed by atoms with Gasteiger partial charge >= 0.3 is 0 Å². The first-order valence-corrected chi connectivity index (χ1v) is 15.3. The molecule has 1 aliphatic heterocycles. The number of anilines is 1. The van der Waals surface area contributed by atoms with Gasteiger partial charge in [-0.05, 0) is 61.2 Å². The first-order chi connectivity index (χ1) is 18.8. The number of nitrogens with zero attached hydrogens (tertiary/aromatic N) is 1. The quantitative estimate of drug-likeness (QED) is 0.179. The van der Waals surface area contributed by atoms with Crippen LogP contribution in [0.4, 0.5) is 10.1 Å². The van der Waals surface area contributed by atoms with Crippen molar-refractivity contribution in [2.45, 2.75) is 43.5 Å². The molecule has 0 atom stereocenters. The number of rotatable bonds is 11. The van der Waals surface area contributed by atoms with Crippen molar-refractivity contribution >= 4 is 49.8 Å². The Balaban J connectivity index is 1.11. The third kappa shape index (κ3) is 6.35. The average molecular weight is 591 g/mol. The average Bonchev–Trinajstić information content (AvgIpc) is 3.33. The van der Waals surface area contributed by atoms with Crippen molar-refractivity contribution in [3.05, 3.63) is 87.8 Å². The number of ether oxygens (including phenoxy) is 1. The summed E-state index contributed by atoms with van der Waals surface area (Å²) in [5.41, 5.74) is 3.50. The third-order valence-electron chi connectivity index (χ3n) is 7.03. The lowest BCUT2D eigenvalue weighted by Gasteiger charge is -2.28. The first-order valence-electron chi connectivity index (χ1n) is 13.0. The number of benzene rings is 3. The second-order valence-electron chi connectivity index (χ2n) is 9.71. The monoisotopic (exact) mass is 589 g/mol. The molecule has 2 N–H and O–H groups in total. The fraction of sp³-hybridized carbons (Fsp3) is 0.310. The fourth-order valence-corrected chi connectivity index (χ4v) is 6.70. The molecule has 0 bridgehead atoms. The lowest BCUT2D eigenvalue weighted by Crippen LogP contribution is -2.31. The van der Waals surface area contributed by atoms with Gasteiger partial charge in [-0.2, -0.15) is 0 Å². The number of halogens is 3. The highest BCUT2D eigenvalue weighted by Gasteiger charge is 2.24. The standard InChI is InChI=1S/C29H30Cl2FN3O3S/c30-22-12-13-24(29-27(22)23(31)18-33-29)34-39(36,37)26-11-7-10-25(28(26)32)38-17-6-2-1-5-15-35-16-14-20-8-3-4-9-21(20)19-35/h3-4,7-13,18,33-34H,1-2,5-6,14-17,19H2. The number of aromatic nitrogens is 1. The number of hydrogen-bond acceptors (Lipinski definition) is 4. The van der Waals surface area contributed by atoms with Gasteiger partial charge in [0, 0.05) is 24.7 Å². The van der Waals surface area contributed by atoms with Crippen molar-refractivity contribution in [1.82, 2.24) is 9.88 Å². The van der Waals surface area contributed by atoms with E-state index in [1.54, 1.807) is 0 Å². The highest BCUT2D eigenvalue weighted by atomic mass is 35.5. The van der Waals surface area contributed by atoms with Gasteiger partial charge in [-0.1, -0.05) is 66.4 Å². The number of hydrogen-bond donors (Lipinski definition) is 2. The van der Waals surface area contributed by atoms with Gasteiger partial charge < -0.3 is 9.72 Å². The summed E-state index contributed by atoms with van der Waals surface area (Å²) in [6, 6.07) is 15.8. The topological polar surface area (TPSA) is 74.4 Å². The Kier molecular flexibility index (Phi) is 8.67. The Morgan fingerprint density at radius 2 is 1.74 bits per heavy atom. The van der Waals surface area contributed by atoms with Gasteiger partial charge in [-0.15, -0.1) is 0 Å². The SMILES string of the molecule is O=S(=O)(Nc1ccc(Cl)c2c(Cl)c[nH]c12)c1cccc(OCCCCCCN2CCc3ccccc3C2)c1F. The minimum Gasteiger partial charge on any atom is -0.490 e. The zero-order valence-electron chi connectivity index (χ0n) is 21.4. The van der Waals surface area contributed by atoms with Gasteiger partial charge in [0.15, 0.2) is 11.6 Å². The van der Waals surface area contributed by atoms with Gasteiger partial charge in [0.25, 0.3) is 10.0 Å². The highest BCUT2D eigenvalue weighted by Crippen LogP contribution is 2.36. The van der Waals surface area contributed by atoms with Crippen LogP contribution in [0.3, 0.4) is 0 Å². The molecule has 4 aromatic rings. The minimum atomic E-state index is -4.25. The molecule has 1 aromatic heterocycles. The van der Waals surface area contributed by atoms with Crippen molar-refractivity contribution in [2.24, 2.45) is 0 Å². The van der Waals surface area contributed by atoms with Crippen LogP contribution < -0.4 is 9.46 Å². The molecule has 39 heavy (non-hydrogen) atoms. The second-order valence-corrected chi connectivity index (χ2v) is 12.2.